The number of sulfonamides is 1. The molecule has 19 heavy (non-hydrogen) atoms. The van der Waals surface area contributed by atoms with Crippen molar-refractivity contribution in [3.63, 3.8) is 0 Å². The Balaban J connectivity index is 1.79. The Bertz CT molecular complexity index is 518. The Morgan fingerprint density at radius 3 is 2.74 bits per heavy atom. The summed E-state index contributed by atoms with van der Waals surface area (Å²) in [5.74, 6) is 0.555. The van der Waals surface area contributed by atoms with Gasteiger partial charge in [-0.2, -0.15) is 0 Å². The average molecular weight is 286 g/mol. The Kier molecular flexibility index (Phi) is 4.20. The van der Waals surface area contributed by atoms with Crippen molar-refractivity contribution < 1.29 is 13.2 Å². The molecule has 2 N–H and O–H groups in total. The summed E-state index contributed by atoms with van der Waals surface area (Å²) in [4.78, 5) is 18.9. The highest BCUT2D eigenvalue weighted by atomic mass is 32.2. The second-order valence-corrected chi connectivity index (χ2v) is 6.67. The summed E-state index contributed by atoms with van der Waals surface area (Å²) in [6, 6.07) is 0. The van der Waals surface area contributed by atoms with Crippen LogP contribution in [0.4, 0.5) is 0 Å². The lowest BCUT2D eigenvalue weighted by molar-refractivity contribution is -0.126. The van der Waals surface area contributed by atoms with Gasteiger partial charge in [-0.05, 0) is 12.8 Å². The first-order valence-corrected chi connectivity index (χ1v) is 8.03. The van der Waals surface area contributed by atoms with Gasteiger partial charge in [0.25, 0.3) is 0 Å². The first-order chi connectivity index (χ1) is 8.97. The molecule has 106 valence electrons. The zero-order chi connectivity index (χ0) is 13.9. The summed E-state index contributed by atoms with van der Waals surface area (Å²) in [7, 11) is -3.14. The maximum Gasteiger partial charge on any atom is 0.223 e. The second kappa shape index (κ2) is 5.70. The lowest BCUT2D eigenvalue weighted by Gasteiger charge is -2.29. The van der Waals surface area contributed by atoms with Gasteiger partial charge in [0.1, 0.15) is 5.82 Å². The fourth-order valence-electron chi connectivity index (χ4n) is 2.16. The normalized spacial score (nSPS) is 18.4. The third-order valence-electron chi connectivity index (χ3n) is 3.28. The number of piperidine rings is 1. The molecule has 0 unspecified atom stereocenters. The number of amides is 1. The molecule has 0 spiro atoms. The van der Waals surface area contributed by atoms with Gasteiger partial charge in [0.15, 0.2) is 0 Å². The van der Waals surface area contributed by atoms with Crippen LogP contribution >= 0.6 is 0 Å². The minimum atomic E-state index is -3.14. The Morgan fingerprint density at radius 2 is 2.21 bits per heavy atom. The van der Waals surface area contributed by atoms with Gasteiger partial charge in [-0.15, -0.1) is 0 Å². The maximum absolute atomic E-state index is 11.9. The SMILES string of the molecule is CS(=O)(=O)N1CCC(C(=O)NCc2ncc[nH]2)CC1. The Labute approximate surface area is 112 Å². The number of nitrogens with zero attached hydrogens (tertiary/aromatic N) is 2. The van der Waals surface area contributed by atoms with E-state index >= 15 is 0 Å². The molecule has 7 nitrogen and oxygen atoms in total. The molecule has 0 bridgehead atoms. The molecule has 1 fully saturated rings. The van der Waals surface area contributed by atoms with Crippen LogP contribution in [0, 0.1) is 5.92 Å². The van der Waals surface area contributed by atoms with Crippen molar-refractivity contribution in [2.75, 3.05) is 19.3 Å². The van der Waals surface area contributed by atoms with Crippen LogP contribution in [0.5, 0.6) is 0 Å². The van der Waals surface area contributed by atoms with Crippen LogP contribution in [0.15, 0.2) is 12.4 Å². The number of H-pyrrole nitrogens is 1. The number of nitrogens with one attached hydrogen (secondary N) is 2. The summed E-state index contributed by atoms with van der Waals surface area (Å²) in [5, 5.41) is 2.81. The van der Waals surface area contributed by atoms with E-state index in [2.05, 4.69) is 15.3 Å². The van der Waals surface area contributed by atoms with Crippen molar-refractivity contribution >= 4 is 15.9 Å². The highest BCUT2D eigenvalue weighted by molar-refractivity contribution is 7.88. The van der Waals surface area contributed by atoms with E-state index in [4.69, 9.17) is 0 Å². The van der Waals surface area contributed by atoms with E-state index in [0.29, 0.717) is 38.3 Å². The molecule has 0 aromatic carbocycles. The van der Waals surface area contributed by atoms with Crippen molar-refractivity contribution in [3.05, 3.63) is 18.2 Å². The van der Waals surface area contributed by atoms with Crippen LogP contribution in [-0.4, -0.2) is 47.9 Å². The molecule has 1 aromatic rings. The fourth-order valence-corrected chi connectivity index (χ4v) is 3.03. The summed E-state index contributed by atoms with van der Waals surface area (Å²) < 4.78 is 24.1. The number of carbonyl (C=O) groups excluding carboxylic acids is 1. The highest BCUT2D eigenvalue weighted by Crippen LogP contribution is 2.19. The lowest BCUT2D eigenvalue weighted by Crippen LogP contribution is -2.42. The van der Waals surface area contributed by atoms with Crippen LogP contribution in [-0.2, 0) is 21.4 Å². The zero-order valence-corrected chi connectivity index (χ0v) is 11.6. The van der Waals surface area contributed by atoms with E-state index in [1.807, 2.05) is 0 Å². The number of carbonyl (C=O) groups is 1. The fraction of sp³-hybridized carbons (Fsp3) is 0.636. The van der Waals surface area contributed by atoms with Gasteiger partial charge >= 0.3 is 0 Å². The van der Waals surface area contributed by atoms with E-state index in [0.717, 1.165) is 0 Å². The number of hydrogen-bond donors (Lipinski definition) is 2. The minimum absolute atomic E-state index is 0.0375. The number of aromatic nitrogens is 2. The molecule has 0 radical (unpaired) electrons. The van der Waals surface area contributed by atoms with Crippen molar-refractivity contribution in [2.45, 2.75) is 19.4 Å². The molecule has 1 aliphatic rings. The number of aromatic amines is 1. The molecular formula is C11H18N4O3S. The quantitative estimate of drug-likeness (QED) is 0.794. The van der Waals surface area contributed by atoms with Crippen LogP contribution in [0.25, 0.3) is 0 Å². The predicted octanol–water partition coefficient (Wildman–Crippen LogP) is -0.302. The predicted molar refractivity (Wildman–Crippen MR) is 69.6 cm³/mol. The van der Waals surface area contributed by atoms with Crippen LogP contribution in [0.2, 0.25) is 0 Å². The lowest BCUT2D eigenvalue weighted by atomic mass is 9.97. The van der Waals surface area contributed by atoms with Crippen molar-refractivity contribution in [1.29, 1.82) is 0 Å². The topological polar surface area (TPSA) is 95.2 Å². The average Bonchev–Trinajstić information content (AvgIpc) is 2.88. The van der Waals surface area contributed by atoms with E-state index in [-0.39, 0.29) is 11.8 Å². The standard InChI is InChI=1S/C11H18N4O3S/c1-19(17,18)15-6-2-9(3-7-15)11(16)14-8-10-12-4-5-13-10/h4-5,9H,2-3,6-8H2,1H3,(H,12,13)(H,14,16). The molecule has 1 amide bonds. The van der Waals surface area contributed by atoms with Gasteiger partial charge in [-0.25, -0.2) is 17.7 Å². The van der Waals surface area contributed by atoms with E-state index in [1.165, 1.54) is 10.6 Å². The van der Waals surface area contributed by atoms with Gasteiger partial charge in [0, 0.05) is 31.4 Å². The Morgan fingerprint density at radius 1 is 1.53 bits per heavy atom. The third-order valence-corrected chi connectivity index (χ3v) is 4.58. The molecule has 2 rings (SSSR count). The highest BCUT2D eigenvalue weighted by Gasteiger charge is 2.28. The minimum Gasteiger partial charge on any atom is -0.349 e. The first kappa shape index (κ1) is 14.0. The molecule has 1 aliphatic heterocycles. The number of rotatable bonds is 4. The van der Waals surface area contributed by atoms with Crippen molar-refractivity contribution in [1.82, 2.24) is 19.6 Å². The van der Waals surface area contributed by atoms with Crippen LogP contribution in [0.3, 0.4) is 0 Å². The Hall–Kier alpha value is -1.41. The zero-order valence-electron chi connectivity index (χ0n) is 10.8. The van der Waals surface area contributed by atoms with E-state index < -0.39 is 10.0 Å². The monoisotopic (exact) mass is 286 g/mol. The van der Waals surface area contributed by atoms with Gasteiger partial charge in [0.2, 0.25) is 15.9 Å². The summed E-state index contributed by atoms with van der Waals surface area (Å²) in [6.45, 7) is 1.20. The van der Waals surface area contributed by atoms with Gasteiger partial charge in [0.05, 0.1) is 12.8 Å². The number of hydrogen-bond acceptors (Lipinski definition) is 4. The number of imidazole rings is 1. The summed E-state index contributed by atoms with van der Waals surface area (Å²) >= 11 is 0. The van der Waals surface area contributed by atoms with Crippen LogP contribution < -0.4 is 5.32 Å². The largest absolute Gasteiger partial charge is 0.349 e. The van der Waals surface area contributed by atoms with Crippen LogP contribution in [0.1, 0.15) is 18.7 Å². The van der Waals surface area contributed by atoms with E-state index in [9.17, 15) is 13.2 Å². The molecule has 2 heterocycles. The molecular weight excluding hydrogens is 268 g/mol. The molecule has 1 aromatic heterocycles. The molecule has 1 saturated heterocycles. The van der Waals surface area contributed by atoms with Gasteiger partial charge in [-0.3, -0.25) is 4.79 Å². The third kappa shape index (κ3) is 3.77. The van der Waals surface area contributed by atoms with Crippen molar-refractivity contribution in [3.8, 4) is 0 Å². The second-order valence-electron chi connectivity index (χ2n) is 4.69. The molecule has 0 saturated carbocycles. The summed E-state index contributed by atoms with van der Waals surface area (Å²) in [6.07, 6.45) is 5.66. The smallest absolute Gasteiger partial charge is 0.223 e. The maximum atomic E-state index is 11.9. The first-order valence-electron chi connectivity index (χ1n) is 6.18. The van der Waals surface area contributed by atoms with E-state index in [1.54, 1.807) is 12.4 Å². The van der Waals surface area contributed by atoms with Gasteiger partial charge < -0.3 is 10.3 Å². The molecule has 8 heteroatoms. The molecule has 0 aliphatic carbocycles. The van der Waals surface area contributed by atoms with Gasteiger partial charge in [-0.1, -0.05) is 0 Å². The molecule has 0 atom stereocenters. The van der Waals surface area contributed by atoms with Crippen molar-refractivity contribution in [2.24, 2.45) is 5.92 Å². The summed E-state index contributed by atoms with van der Waals surface area (Å²) in [5.41, 5.74) is 0.